The fourth-order valence-corrected chi connectivity index (χ4v) is 2.92. The number of amides is 1. The molecule has 2 aromatic carbocycles. The van der Waals surface area contributed by atoms with E-state index in [1.165, 1.54) is 6.20 Å². The third-order valence-electron chi connectivity index (χ3n) is 4.18. The van der Waals surface area contributed by atoms with Gasteiger partial charge >= 0.3 is 0 Å². The van der Waals surface area contributed by atoms with Crippen molar-refractivity contribution in [2.45, 2.75) is 6.42 Å². The van der Waals surface area contributed by atoms with Crippen molar-refractivity contribution in [3.05, 3.63) is 76.4 Å². The summed E-state index contributed by atoms with van der Waals surface area (Å²) in [6, 6.07) is 16.5. The lowest BCUT2D eigenvalue weighted by Crippen LogP contribution is -2.25. The summed E-state index contributed by atoms with van der Waals surface area (Å²) in [6.45, 7) is 0.492. The lowest BCUT2D eigenvalue weighted by atomic mass is 10.1. The van der Waals surface area contributed by atoms with Gasteiger partial charge in [-0.25, -0.2) is 4.98 Å². The maximum atomic E-state index is 12.3. The molecule has 0 bridgehead atoms. The van der Waals surface area contributed by atoms with Crippen LogP contribution in [0.25, 0.3) is 0 Å². The molecular weight excluding hydrogens is 436 g/mol. The summed E-state index contributed by atoms with van der Waals surface area (Å²) < 4.78 is 17.2. The van der Waals surface area contributed by atoms with Gasteiger partial charge in [0.2, 0.25) is 5.88 Å². The summed E-state index contributed by atoms with van der Waals surface area (Å²) in [5, 5.41) is 2.89. The van der Waals surface area contributed by atoms with Crippen molar-refractivity contribution in [2.24, 2.45) is 0 Å². The monoisotopic (exact) mass is 456 g/mol. The van der Waals surface area contributed by atoms with Crippen molar-refractivity contribution >= 4 is 21.8 Å². The van der Waals surface area contributed by atoms with Crippen LogP contribution < -0.4 is 19.5 Å². The maximum Gasteiger partial charge on any atom is 0.252 e. The van der Waals surface area contributed by atoms with Crippen molar-refractivity contribution in [3.8, 4) is 23.1 Å². The van der Waals surface area contributed by atoms with Crippen LogP contribution in [0.3, 0.4) is 0 Å². The van der Waals surface area contributed by atoms with Crippen LogP contribution in [0.4, 0.5) is 0 Å². The Bertz CT molecular complexity index is 960. The van der Waals surface area contributed by atoms with Crippen LogP contribution in [0.5, 0.6) is 23.1 Å². The van der Waals surface area contributed by atoms with Crippen molar-refractivity contribution in [2.75, 3.05) is 20.8 Å². The number of halogens is 1. The Morgan fingerprint density at radius 3 is 2.41 bits per heavy atom. The molecule has 0 saturated carbocycles. The number of benzene rings is 2. The van der Waals surface area contributed by atoms with Crippen LogP contribution in [-0.4, -0.2) is 31.7 Å². The molecule has 0 spiro atoms. The molecule has 3 rings (SSSR count). The lowest BCUT2D eigenvalue weighted by molar-refractivity contribution is 0.0953. The molecule has 0 aliphatic carbocycles. The number of aromatic nitrogens is 1. The molecule has 7 heteroatoms. The van der Waals surface area contributed by atoms with Crippen LogP contribution in [0.1, 0.15) is 15.9 Å². The first-order valence-electron chi connectivity index (χ1n) is 8.97. The molecular formula is C22H21BrN2O4. The van der Waals surface area contributed by atoms with Gasteiger partial charge in [0.25, 0.3) is 5.91 Å². The number of nitrogens with zero attached hydrogens (tertiary/aromatic N) is 1. The summed E-state index contributed by atoms with van der Waals surface area (Å²) in [6.07, 6.45) is 2.17. The first kappa shape index (κ1) is 20.7. The third-order valence-corrected chi connectivity index (χ3v) is 4.71. The Morgan fingerprint density at radius 1 is 1.00 bits per heavy atom. The smallest absolute Gasteiger partial charge is 0.252 e. The summed E-state index contributed by atoms with van der Waals surface area (Å²) in [5.41, 5.74) is 1.51. The predicted molar refractivity (Wildman–Crippen MR) is 114 cm³/mol. The van der Waals surface area contributed by atoms with Gasteiger partial charge in [-0.3, -0.25) is 4.79 Å². The number of hydrogen-bond acceptors (Lipinski definition) is 5. The topological polar surface area (TPSA) is 69.7 Å². The Hall–Kier alpha value is -3.06. The van der Waals surface area contributed by atoms with Crippen LogP contribution in [0, 0.1) is 0 Å². The number of ether oxygens (including phenoxy) is 3. The molecule has 0 aliphatic heterocycles. The Morgan fingerprint density at radius 2 is 1.76 bits per heavy atom. The molecule has 0 fully saturated rings. The lowest BCUT2D eigenvalue weighted by Gasteiger charge is -2.10. The Labute approximate surface area is 178 Å². The average molecular weight is 457 g/mol. The van der Waals surface area contributed by atoms with E-state index >= 15 is 0 Å². The second kappa shape index (κ2) is 9.93. The minimum atomic E-state index is -0.187. The van der Waals surface area contributed by atoms with Crippen LogP contribution in [0.2, 0.25) is 0 Å². The standard InChI is InChI=1S/C22H21BrN2O4/c1-27-19-9-3-15(13-20(19)28-2)11-12-24-22(26)16-4-10-21(25-14-16)29-18-7-5-17(23)6-8-18/h3-10,13-14H,11-12H2,1-2H3,(H,24,26). The molecule has 29 heavy (non-hydrogen) atoms. The predicted octanol–water partition coefficient (Wildman–Crippen LogP) is 4.63. The van der Waals surface area contributed by atoms with Gasteiger partial charge in [0, 0.05) is 23.3 Å². The Kier molecular flexibility index (Phi) is 7.08. The van der Waals surface area contributed by atoms with Crippen molar-refractivity contribution in [3.63, 3.8) is 0 Å². The first-order valence-corrected chi connectivity index (χ1v) is 9.77. The molecule has 6 nitrogen and oxygen atoms in total. The molecule has 3 aromatic rings. The zero-order valence-corrected chi connectivity index (χ0v) is 17.7. The molecule has 0 aliphatic rings. The van der Waals surface area contributed by atoms with Gasteiger partial charge in [0.1, 0.15) is 5.75 Å². The molecule has 0 radical (unpaired) electrons. The van der Waals surface area contributed by atoms with Gasteiger partial charge in [0.15, 0.2) is 11.5 Å². The van der Waals surface area contributed by atoms with Crippen LogP contribution in [-0.2, 0) is 6.42 Å². The fraction of sp³-hybridized carbons (Fsp3) is 0.182. The summed E-state index contributed by atoms with van der Waals surface area (Å²) >= 11 is 3.38. The quantitative estimate of drug-likeness (QED) is 0.535. The summed E-state index contributed by atoms with van der Waals surface area (Å²) in [4.78, 5) is 16.5. The second-order valence-electron chi connectivity index (χ2n) is 6.14. The Balaban J connectivity index is 1.52. The second-order valence-corrected chi connectivity index (χ2v) is 7.05. The minimum absolute atomic E-state index is 0.187. The zero-order chi connectivity index (χ0) is 20.6. The van der Waals surface area contributed by atoms with E-state index in [0.29, 0.717) is 41.7 Å². The highest BCUT2D eigenvalue weighted by atomic mass is 79.9. The molecule has 0 saturated heterocycles. The SMILES string of the molecule is COc1ccc(CCNC(=O)c2ccc(Oc3ccc(Br)cc3)nc2)cc1OC. The number of pyridine rings is 1. The summed E-state index contributed by atoms with van der Waals surface area (Å²) in [7, 11) is 3.20. The van der Waals surface area contributed by atoms with E-state index in [9.17, 15) is 4.79 Å². The van der Waals surface area contributed by atoms with Gasteiger partial charge in [-0.15, -0.1) is 0 Å². The largest absolute Gasteiger partial charge is 0.493 e. The van der Waals surface area contributed by atoms with Crippen LogP contribution in [0.15, 0.2) is 65.3 Å². The van der Waals surface area contributed by atoms with E-state index < -0.39 is 0 Å². The van der Waals surface area contributed by atoms with E-state index in [1.54, 1.807) is 26.4 Å². The van der Waals surface area contributed by atoms with Crippen molar-refractivity contribution in [1.29, 1.82) is 0 Å². The highest BCUT2D eigenvalue weighted by Gasteiger charge is 2.08. The van der Waals surface area contributed by atoms with E-state index in [2.05, 4.69) is 26.2 Å². The molecule has 1 N–H and O–H groups in total. The number of rotatable bonds is 8. The van der Waals surface area contributed by atoms with E-state index in [-0.39, 0.29) is 5.91 Å². The summed E-state index contributed by atoms with van der Waals surface area (Å²) in [5.74, 6) is 2.26. The minimum Gasteiger partial charge on any atom is -0.493 e. The highest BCUT2D eigenvalue weighted by Crippen LogP contribution is 2.27. The molecule has 0 atom stereocenters. The molecule has 150 valence electrons. The van der Waals surface area contributed by atoms with Crippen LogP contribution >= 0.6 is 15.9 Å². The molecule has 1 amide bonds. The highest BCUT2D eigenvalue weighted by molar-refractivity contribution is 9.10. The van der Waals surface area contributed by atoms with Gasteiger partial charge in [0.05, 0.1) is 19.8 Å². The number of nitrogens with one attached hydrogen (secondary N) is 1. The average Bonchev–Trinajstić information content (AvgIpc) is 2.75. The van der Waals surface area contributed by atoms with E-state index in [4.69, 9.17) is 14.2 Å². The van der Waals surface area contributed by atoms with Crippen molar-refractivity contribution < 1.29 is 19.0 Å². The van der Waals surface area contributed by atoms with Gasteiger partial charge in [-0.05, 0) is 54.4 Å². The maximum absolute atomic E-state index is 12.3. The van der Waals surface area contributed by atoms with Crippen molar-refractivity contribution in [1.82, 2.24) is 10.3 Å². The van der Waals surface area contributed by atoms with Gasteiger partial charge in [-0.1, -0.05) is 22.0 Å². The normalized spacial score (nSPS) is 10.3. The number of hydrogen-bond donors (Lipinski definition) is 1. The molecule has 0 unspecified atom stereocenters. The zero-order valence-electron chi connectivity index (χ0n) is 16.1. The van der Waals surface area contributed by atoms with E-state index in [0.717, 1.165) is 10.0 Å². The number of carbonyl (C=O) groups excluding carboxylic acids is 1. The van der Waals surface area contributed by atoms with Gasteiger partial charge < -0.3 is 19.5 Å². The fourth-order valence-electron chi connectivity index (χ4n) is 2.66. The third kappa shape index (κ3) is 5.71. The van der Waals surface area contributed by atoms with Gasteiger partial charge in [-0.2, -0.15) is 0 Å². The number of methoxy groups -OCH3 is 2. The molecule has 1 aromatic heterocycles. The van der Waals surface area contributed by atoms with E-state index in [1.807, 2.05) is 42.5 Å². The first-order chi connectivity index (χ1) is 14.1. The molecule has 1 heterocycles. The number of carbonyl (C=O) groups is 1.